The van der Waals surface area contributed by atoms with E-state index in [0.717, 1.165) is 17.1 Å². The smallest absolute Gasteiger partial charge is 0.276 e. The van der Waals surface area contributed by atoms with Gasteiger partial charge in [0, 0.05) is 28.7 Å². The van der Waals surface area contributed by atoms with Gasteiger partial charge in [-0.25, -0.2) is 4.68 Å². The van der Waals surface area contributed by atoms with E-state index in [1.165, 1.54) is 0 Å². The number of aromatic nitrogens is 3. The predicted octanol–water partition coefficient (Wildman–Crippen LogP) is 4.88. The molecule has 0 saturated heterocycles. The third-order valence-corrected chi connectivity index (χ3v) is 4.51. The summed E-state index contributed by atoms with van der Waals surface area (Å²) >= 11 is 5.91. The van der Waals surface area contributed by atoms with Gasteiger partial charge in [-0.1, -0.05) is 29.8 Å². The van der Waals surface area contributed by atoms with Gasteiger partial charge in [0.15, 0.2) is 5.69 Å². The Bertz CT molecular complexity index is 1070. The van der Waals surface area contributed by atoms with Crippen LogP contribution >= 0.6 is 11.6 Å². The van der Waals surface area contributed by atoms with E-state index in [-0.39, 0.29) is 5.91 Å². The summed E-state index contributed by atoms with van der Waals surface area (Å²) < 4.78 is 3.74. The number of anilines is 1. The summed E-state index contributed by atoms with van der Waals surface area (Å²) in [5.74, 6) is 0.561. The zero-order valence-corrected chi connectivity index (χ0v) is 15.4. The molecule has 0 atom stereocenters. The van der Waals surface area contributed by atoms with E-state index in [0.29, 0.717) is 16.4 Å². The van der Waals surface area contributed by atoms with E-state index < -0.39 is 0 Å². The number of carbonyl (C=O) groups is 1. The first-order valence-corrected chi connectivity index (χ1v) is 8.86. The van der Waals surface area contributed by atoms with E-state index in [4.69, 9.17) is 11.6 Å². The maximum Gasteiger partial charge on any atom is 0.276 e. The predicted molar refractivity (Wildman–Crippen MR) is 107 cm³/mol. The second kappa shape index (κ2) is 7.13. The highest BCUT2D eigenvalue weighted by Crippen LogP contribution is 2.23. The molecule has 1 N–H and O–H groups in total. The molecule has 0 spiro atoms. The first kappa shape index (κ1) is 17.1. The monoisotopic (exact) mass is 376 g/mol. The zero-order chi connectivity index (χ0) is 18.8. The zero-order valence-electron chi connectivity index (χ0n) is 14.6. The molecule has 0 saturated carbocycles. The van der Waals surface area contributed by atoms with Crippen molar-refractivity contribution < 1.29 is 4.79 Å². The molecule has 0 radical (unpaired) electrons. The molecule has 4 rings (SSSR count). The average Bonchev–Trinajstić information content (AvgIpc) is 3.32. The molecule has 1 amide bonds. The molecule has 0 aliphatic carbocycles. The van der Waals surface area contributed by atoms with Gasteiger partial charge in [0.2, 0.25) is 0 Å². The van der Waals surface area contributed by atoms with Crippen LogP contribution < -0.4 is 5.32 Å². The van der Waals surface area contributed by atoms with Crippen LogP contribution in [0.4, 0.5) is 5.69 Å². The lowest BCUT2D eigenvalue weighted by Crippen LogP contribution is -2.14. The Kier molecular flexibility index (Phi) is 4.52. The van der Waals surface area contributed by atoms with Gasteiger partial charge in [0.25, 0.3) is 5.91 Å². The number of benzene rings is 2. The molecule has 134 valence electrons. The Morgan fingerprint density at radius 1 is 0.963 bits per heavy atom. The molecular weight excluding hydrogens is 360 g/mol. The lowest BCUT2D eigenvalue weighted by Gasteiger charge is -2.09. The quantitative estimate of drug-likeness (QED) is 0.552. The van der Waals surface area contributed by atoms with E-state index in [2.05, 4.69) is 10.4 Å². The molecular formula is C21H17ClN4O. The summed E-state index contributed by atoms with van der Waals surface area (Å²) in [7, 11) is 0. The van der Waals surface area contributed by atoms with E-state index in [1.54, 1.807) is 28.9 Å². The van der Waals surface area contributed by atoms with Crippen molar-refractivity contribution >= 4 is 23.2 Å². The standard InChI is InChI=1S/C21H17ClN4O/c1-15-19(20(27)23-17-11-9-16(22)10-12-17)24-26(18-7-3-2-4-8-18)21(15)25-13-5-6-14-25/h2-14H,1H3,(H,23,27). The van der Waals surface area contributed by atoms with Crippen molar-refractivity contribution in [1.29, 1.82) is 0 Å². The third-order valence-electron chi connectivity index (χ3n) is 4.26. The summed E-state index contributed by atoms with van der Waals surface area (Å²) in [6.45, 7) is 1.90. The first-order chi connectivity index (χ1) is 13.1. The van der Waals surface area contributed by atoms with Crippen LogP contribution in [-0.2, 0) is 0 Å². The summed E-state index contributed by atoms with van der Waals surface area (Å²) in [4.78, 5) is 12.9. The number of halogens is 1. The normalized spacial score (nSPS) is 10.7. The molecule has 6 heteroatoms. The number of amides is 1. The molecule has 4 aromatic rings. The lowest BCUT2D eigenvalue weighted by atomic mass is 10.2. The van der Waals surface area contributed by atoms with Crippen LogP contribution in [0, 0.1) is 6.92 Å². The average molecular weight is 377 g/mol. The van der Waals surface area contributed by atoms with Crippen LogP contribution in [0.1, 0.15) is 16.1 Å². The molecule has 0 aliphatic heterocycles. The van der Waals surface area contributed by atoms with Gasteiger partial charge in [0.1, 0.15) is 5.82 Å². The lowest BCUT2D eigenvalue weighted by molar-refractivity contribution is 0.102. The molecule has 2 aromatic carbocycles. The van der Waals surface area contributed by atoms with Crippen molar-refractivity contribution in [3.8, 4) is 11.5 Å². The fraction of sp³-hybridized carbons (Fsp3) is 0.0476. The topological polar surface area (TPSA) is 51.9 Å². The number of nitrogens with one attached hydrogen (secondary N) is 1. The SMILES string of the molecule is Cc1c(C(=O)Nc2ccc(Cl)cc2)nn(-c2ccccc2)c1-n1cccc1. The largest absolute Gasteiger partial charge is 0.321 e. The summed E-state index contributed by atoms with van der Waals surface area (Å²) in [5, 5.41) is 8.11. The van der Waals surface area contributed by atoms with Crippen LogP contribution in [0.15, 0.2) is 79.1 Å². The Balaban J connectivity index is 1.77. The van der Waals surface area contributed by atoms with E-state index >= 15 is 0 Å². The van der Waals surface area contributed by atoms with Gasteiger partial charge < -0.3 is 9.88 Å². The van der Waals surface area contributed by atoms with Crippen LogP contribution in [0.5, 0.6) is 0 Å². The highest BCUT2D eigenvalue weighted by molar-refractivity contribution is 6.30. The summed E-state index contributed by atoms with van der Waals surface area (Å²) in [6, 6.07) is 20.6. The molecule has 2 heterocycles. The van der Waals surface area contributed by atoms with Gasteiger partial charge in [-0.05, 0) is 55.5 Å². The number of hydrogen-bond acceptors (Lipinski definition) is 2. The summed E-state index contributed by atoms with van der Waals surface area (Å²) in [6.07, 6.45) is 3.87. The van der Waals surface area contributed by atoms with Crippen molar-refractivity contribution in [3.63, 3.8) is 0 Å². The van der Waals surface area contributed by atoms with Crippen molar-refractivity contribution in [1.82, 2.24) is 14.3 Å². The minimum absolute atomic E-state index is 0.266. The number of hydrogen-bond donors (Lipinski definition) is 1. The van der Waals surface area contributed by atoms with Crippen molar-refractivity contribution in [2.75, 3.05) is 5.32 Å². The first-order valence-electron chi connectivity index (χ1n) is 8.49. The molecule has 0 aliphatic rings. The Morgan fingerprint density at radius 3 is 2.30 bits per heavy atom. The van der Waals surface area contributed by atoms with Crippen molar-refractivity contribution in [2.24, 2.45) is 0 Å². The Labute approximate surface area is 161 Å². The molecule has 0 unspecified atom stereocenters. The maximum absolute atomic E-state index is 12.9. The highest BCUT2D eigenvalue weighted by atomic mass is 35.5. The second-order valence-corrected chi connectivity index (χ2v) is 6.53. The van der Waals surface area contributed by atoms with Crippen LogP contribution in [0.3, 0.4) is 0 Å². The summed E-state index contributed by atoms with van der Waals surface area (Å²) in [5.41, 5.74) is 2.72. The minimum Gasteiger partial charge on any atom is -0.321 e. The number of para-hydroxylation sites is 1. The van der Waals surface area contributed by atoms with Crippen molar-refractivity contribution in [2.45, 2.75) is 6.92 Å². The number of carbonyl (C=O) groups excluding carboxylic acids is 1. The third kappa shape index (κ3) is 3.37. The van der Waals surface area contributed by atoms with E-state index in [9.17, 15) is 4.79 Å². The molecule has 27 heavy (non-hydrogen) atoms. The van der Waals surface area contributed by atoms with Gasteiger partial charge in [-0.15, -0.1) is 0 Å². The van der Waals surface area contributed by atoms with E-state index in [1.807, 2.05) is 66.3 Å². The highest BCUT2D eigenvalue weighted by Gasteiger charge is 2.22. The second-order valence-electron chi connectivity index (χ2n) is 6.10. The molecule has 2 aromatic heterocycles. The number of nitrogens with zero attached hydrogens (tertiary/aromatic N) is 3. The van der Waals surface area contributed by atoms with Gasteiger partial charge in [0.05, 0.1) is 5.69 Å². The van der Waals surface area contributed by atoms with Crippen LogP contribution in [0.2, 0.25) is 5.02 Å². The molecule has 0 bridgehead atoms. The number of rotatable bonds is 4. The van der Waals surface area contributed by atoms with Crippen LogP contribution in [0.25, 0.3) is 11.5 Å². The maximum atomic E-state index is 12.9. The fourth-order valence-electron chi connectivity index (χ4n) is 2.95. The molecule has 5 nitrogen and oxygen atoms in total. The Morgan fingerprint density at radius 2 is 1.63 bits per heavy atom. The minimum atomic E-state index is -0.266. The van der Waals surface area contributed by atoms with Gasteiger partial charge >= 0.3 is 0 Å². The van der Waals surface area contributed by atoms with Gasteiger partial charge in [-0.3, -0.25) is 4.79 Å². The fourth-order valence-corrected chi connectivity index (χ4v) is 3.08. The van der Waals surface area contributed by atoms with Crippen LogP contribution in [-0.4, -0.2) is 20.3 Å². The van der Waals surface area contributed by atoms with Gasteiger partial charge in [-0.2, -0.15) is 5.10 Å². The molecule has 0 fully saturated rings. The Hall–Kier alpha value is -3.31. The van der Waals surface area contributed by atoms with Crippen molar-refractivity contribution in [3.05, 3.63) is 95.4 Å².